The van der Waals surface area contributed by atoms with Crippen molar-refractivity contribution in [2.75, 3.05) is 32.0 Å². The SMILES string of the molecule is CN=C(NCC(=O)Nc1ccccc1)N1CCCC(C)C1. The standard InChI is InChI=1S/C16H24N4O/c1-13-7-6-10-20(12-13)16(17-2)18-11-15(21)19-14-8-4-3-5-9-14/h3-5,8-9,13H,6-7,10-12H2,1-2H3,(H,17,18)(H,19,21). The van der Waals surface area contributed by atoms with E-state index in [2.05, 4.69) is 27.4 Å². The van der Waals surface area contributed by atoms with Crippen LogP contribution in [0, 0.1) is 5.92 Å². The number of nitrogens with zero attached hydrogens (tertiary/aromatic N) is 2. The van der Waals surface area contributed by atoms with E-state index in [1.54, 1.807) is 7.05 Å². The van der Waals surface area contributed by atoms with E-state index in [0.717, 1.165) is 24.7 Å². The quantitative estimate of drug-likeness (QED) is 0.660. The second kappa shape index (κ2) is 7.67. The van der Waals surface area contributed by atoms with Crippen LogP contribution in [0.25, 0.3) is 0 Å². The fraction of sp³-hybridized carbons (Fsp3) is 0.500. The van der Waals surface area contributed by atoms with Gasteiger partial charge in [0, 0.05) is 25.8 Å². The summed E-state index contributed by atoms with van der Waals surface area (Å²) in [7, 11) is 1.76. The smallest absolute Gasteiger partial charge is 0.243 e. The van der Waals surface area contributed by atoms with Gasteiger partial charge < -0.3 is 15.5 Å². The maximum atomic E-state index is 11.9. The molecule has 1 unspecified atom stereocenters. The number of carbonyl (C=O) groups is 1. The molecule has 0 saturated carbocycles. The number of anilines is 1. The zero-order valence-electron chi connectivity index (χ0n) is 12.8. The summed E-state index contributed by atoms with van der Waals surface area (Å²) in [5.74, 6) is 1.42. The van der Waals surface area contributed by atoms with Crippen LogP contribution in [0.4, 0.5) is 5.69 Å². The first kappa shape index (κ1) is 15.4. The summed E-state index contributed by atoms with van der Waals surface area (Å²) >= 11 is 0. The first-order valence-corrected chi connectivity index (χ1v) is 7.49. The van der Waals surface area contributed by atoms with Gasteiger partial charge in [-0.2, -0.15) is 0 Å². The van der Waals surface area contributed by atoms with E-state index in [-0.39, 0.29) is 12.5 Å². The number of hydrogen-bond donors (Lipinski definition) is 2. The Morgan fingerprint density at radius 3 is 2.81 bits per heavy atom. The minimum absolute atomic E-state index is 0.0626. The number of para-hydroxylation sites is 1. The minimum Gasteiger partial charge on any atom is -0.347 e. The third-order valence-electron chi connectivity index (χ3n) is 3.63. The second-order valence-electron chi connectivity index (χ2n) is 5.51. The molecule has 114 valence electrons. The maximum Gasteiger partial charge on any atom is 0.243 e. The van der Waals surface area contributed by atoms with Gasteiger partial charge in [-0.3, -0.25) is 9.79 Å². The molecular weight excluding hydrogens is 264 g/mol. The molecular formula is C16H24N4O. The van der Waals surface area contributed by atoms with Crippen molar-refractivity contribution in [1.82, 2.24) is 10.2 Å². The number of amides is 1. The highest BCUT2D eigenvalue weighted by Gasteiger charge is 2.19. The molecule has 1 aliphatic rings. The van der Waals surface area contributed by atoms with Gasteiger partial charge in [-0.1, -0.05) is 25.1 Å². The van der Waals surface area contributed by atoms with Crippen LogP contribution >= 0.6 is 0 Å². The molecule has 5 nitrogen and oxygen atoms in total. The molecule has 1 aromatic carbocycles. The van der Waals surface area contributed by atoms with Crippen molar-refractivity contribution in [2.24, 2.45) is 10.9 Å². The summed E-state index contributed by atoms with van der Waals surface area (Å²) < 4.78 is 0. The number of benzene rings is 1. The lowest BCUT2D eigenvalue weighted by atomic mass is 10.0. The van der Waals surface area contributed by atoms with E-state index in [0.29, 0.717) is 5.92 Å². The largest absolute Gasteiger partial charge is 0.347 e. The highest BCUT2D eigenvalue weighted by molar-refractivity contribution is 5.94. The Morgan fingerprint density at radius 2 is 2.14 bits per heavy atom. The zero-order valence-corrected chi connectivity index (χ0v) is 12.8. The summed E-state index contributed by atoms with van der Waals surface area (Å²) in [6.07, 6.45) is 2.44. The molecule has 0 bridgehead atoms. The van der Waals surface area contributed by atoms with E-state index in [4.69, 9.17) is 0 Å². The van der Waals surface area contributed by atoms with Crippen LogP contribution in [0.3, 0.4) is 0 Å². The van der Waals surface area contributed by atoms with Crippen LogP contribution in [0.2, 0.25) is 0 Å². The van der Waals surface area contributed by atoms with Crippen LogP contribution in [-0.4, -0.2) is 43.4 Å². The summed E-state index contributed by atoms with van der Waals surface area (Å²) in [5, 5.41) is 6.00. The lowest BCUT2D eigenvalue weighted by molar-refractivity contribution is -0.115. The zero-order chi connectivity index (χ0) is 15.1. The summed E-state index contributed by atoms with van der Waals surface area (Å²) in [5.41, 5.74) is 0.811. The molecule has 1 aromatic rings. The number of aliphatic imine (C=N–C) groups is 1. The predicted octanol–water partition coefficient (Wildman–Crippen LogP) is 1.93. The second-order valence-corrected chi connectivity index (χ2v) is 5.51. The van der Waals surface area contributed by atoms with E-state index < -0.39 is 0 Å². The van der Waals surface area contributed by atoms with E-state index in [9.17, 15) is 4.79 Å². The predicted molar refractivity (Wildman–Crippen MR) is 86.4 cm³/mol. The topological polar surface area (TPSA) is 56.7 Å². The number of piperidine rings is 1. The summed E-state index contributed by atoms with van der Waals surface area (Å²) in [6.45, 7) is 4.48. The number of likely N-dealkylation sites (tertiary alicyclic amines) is 1. The Balaban J connectivity index is 1.81. The Morgan fingerprint density at radius 1 is 1.38 bits per heavy atom. The molecule has 2 rings (SSSR count). The molecule has 21 heavy (non-hydrogen) atoms. The fourth-order valence-electron chi connectivity index (χ4n) is 2.60. The summed E-state index contributed by atoms with van der Waals surface area (Å²) in [6, 6.07) is 9.47. The lowest BCUT2D eigenvalue weighted by Gasteiger charge is -2.33. The van der Waals surface area contributed by atoms with Gasteiger partial charge in [0.15, 0.2) is 5.96 Å². The number of carbonyl (C=O) groups excluding carboxylic acids is 1. The fourth-order valence-corrected chi connectivity index (χ4v) is 2.60. The number of guanidine groups is 1. The van der Waals surface area contributed by atoms with Gasteiger partial charge in [-0.15, -0.1) is 0 Å². The number of rotatable bonds is 3. The first-order chi connectivity index (χ1) is 10.2. The molecule has 1 atom stereocenters. The molecule has 1 heterocycles. The Kier molecular flexibility index (Phi) is 5.60. The van der Waals surface area contributed by atoms with Crippen LogP contribution < -0.4 is 10.6 Å². The molecule has 0 radical (unpaired) electrons. The van der Waals surface area contributed by atoms with Gasteiger partial charge in [0.05, 0.1) is 6.54 Å². The van der Waals surface area contributed by atoms with Crippen molar-refractivity contribution in [3.8, 4) is 0 Å². The van der Waals surface area contributed by atoms with Gasteiger partial charge >= 0.3 is 0 Å². The van der Waals surface area contributed by atoms with Crippen LogP contribution in [0.1, 0.15) is 19.8 Å². The molecule has 1 fully saturated rings. The molecule has 5 heteroatoms. The van der Waals surface area contributed by atoms with Crippen molar-refractivity contribution >= 4 is 17.6 Å². The molecule has 1 aliphatic heterocycles. The van der Waals surface area contributed by atoms with Crippen molar-refractivity contribution in [3.05, 3.63) is 30.3 Å². The third-order valence-corrected chi connectivity index (χ3v) is 3.63. The molecule has 2 N–H and O–H groups in total. The molecule has 0 aromatic heterocycles. The van der Waals surface area contributed by atoms with Crippen LogP contribution in [0.15, 0.2) is 35.3 Å². The Labute approximate surface area is 126 Å². The van der Waals surface area contributed by atoms with E-state index in [1.807, 2.05) is 30.3 Å². The first-order valence-electron chi connectivity index (χ1n) is 7.49. The van der Waals surface area contributed by atoms with Gasteiger partial charge in [0.1, 0.15) is 0 Å². The highest BCUT2D eigenvalue weighted by atomic mass is 16.1. The van der Waals surface area contributed by atoms with Crippen molar-refractivity contribution < 1.29 is 4.79 Å². The molecule has 1 saturated heterocycles. The third kappa shape index (κ3) is 4.77. The van der Waals surface area contributed by atoms with Crippen molar-refractivity contribution in [1.29, 1.82) is 0 Å². The molecule has 0 aliphatic carbocycles. The maximum absolute atomic E-state index is 11.9. The lowest BCUT2D eigenvalue weighted by Crippen LogP contribution is -2.48. The van der Waals surface area contributed by atoms with Gasteiger partial charge in [-0.25, -0.2) is 0 Å². The molecule has 0 spiro atoms. The van der Waals surface area contributed by atoms with Gasteiger partial charge in [-0.05, 0) is 30.9 Å². The minimum atomic E-state index is -0.0626. The highest BCUT2D eigenvalue weighted by Crippen LogP contribution is 2.15. The van der Waals surface area contributed by atoms with Gasteiger partial charge in [0.2, 0.25) is 5.91 Å². The Hall–Kier alpha value is -2.04. The van der Waals surface area contributed by atoms with Crippen molar-refractivity contribution in [3.63, 3.8) is 0 Å². The average Bonchev–Trinajstić information content (AvgIpc) is 2.49. The molecule has 1 amide bonds. The average molecular weight is 288 g/mol. The number of hydrogen-bond acceptors (Lipinski definition) is 2. The normalized spacial score (nSPS) is 19.2. The van der Waals surface area contributed by atoms with E-state index >= 15 is 0 Å². The van der Waals surface area contributed by atoms with Crippen LogP contribution in [0.5, 0.6) is 0 Å². The van der Waals surface area contributed by atoms with Crippen molar-refractivity contribution in [2.45, 2.75) is 19.8 Å². The Bertz CT molecular complexity index is 486. The van der Waals surface area contributed by atoms with E-state index in [1.165, 1.54) is 12.8 Å². The van der Waals surface area contributed by atoms with Crippen LogP contribution in [-0.2, 0) is 4.79 Å². The number of nitrogens with one attached hydrogen (secondary N) is 2. The monoisotopic (exact) mass is 288 g/mol. The summed E-state index contributed by atoms with van der Waals surface area (Å²) in [4.78, 5) is 18.4. The van der Waals surface area contributed by atoms with Gasteiger partial charge in [0.25, 0.3) is 0 Å².